The fourth-order valence-electron chi connectivity index (χ4n) is 2.20. The minimum absolute atomic E-state index is 0.345. The summed E-state index contributed by atoms with van der Waals surface area (Å²) >= 11 is 0. The van der Waals surface area contributed by atoms with E-state index >= 15 is 0 Å². The highest BCUT2D eigenvalue weighted by Gasteiger charge is 2.22. The average Bonchev–Trinajstić information content (AvgIpc) is 2.33. The normalized spacial score (nSPS) is 14.2. The van der Waals surface area contributed by atoms with Gasteiger partial charge in [0.1, 0.15) is 0 Å². The fraction of sp³-hybridized carbons (Fsp3) is 0.600. The Morgan fingerprint density at radius 3 is 2.30 bits per heavy atom. The Morgan fingerprint density at radius 1 is 1.20 bits per heavy atom. The molecule has 5 heteroatoms. The van der Waals surface area contributed by atoms with Crippen molar-refractivity contribution in [3.63, 3.8) is 0 Å². The van der Waals surface area contributed by atoms with Crippen molar-refractivity contribution >= 4 is 10.0 Å². The summed E-state index contributed by atoms with van der Waals surface area (Å²) in [5, 5.41) is 3.45. The Balaban J connectivity index is 2.53. The van der Waals surface area contributed by atoms with Crippen LogP contribution in [0.15, 0.2) is 30.3 Å². The molecule has 1 unspecified atom stereocenters. The maximum Gasteiger partial charge on any atom is 0.209 e. The molecule has 114 valence electrons. The van der Waals surface area contributed by atoms with E-state index in [-0.39, 0.29) is 0 Å². The van der Waals surface area contributed by atoms with Crippen LogP contribution in [-0.2, 0) is 16.4 Å². The molecule has 1 rings (SSSR count). The van der Waals surface area contributed by atoms with Crippen molar-refractivity contribution in [1.29, 1.82) is 0 Å². The van der Waals surface area contributed by atoms with Crippen LogP contribution < -0.4 is 10.0 Å². The minimum atomic E-state index is -3.19. The largest absolute Gasteiger partial charge is 0.312 e. The lowest BCUT2D eigenvalue weighted by atomic mass is 10.0. The Hall–Kier alpha value is -0.910. The van der Waals surface area contributed by atoms with E-state index in [2.05, 4.69) is 29.1 Å². The van der Waals surface area contributed by atoms with Crippen molar-refractivity contribution in [1.82, 2.24) is 10.0 Å². The molecule has 0 aromatic heterocycles. The maximum absolute atomic E-state index is 11.3. The molecule has 0 saturated carbocycles. The van der Waals surface area contributed by atoms with Gasteiger partial charge < -0.3 is 5.32 Å². The highest BCUT2D eigenvalue weighted by Crippen LogP contribution is 2.08. The third-order valence-electron chi connectivity index (χ3n) is 3.11. The molecule has 0 amide bonds. The molecular weight excluding hydrogens is 272 g/mol. The number of rotatable bonds is 8. The Morgan fingerprint density at radius 2 is 1.80 bits per heavy atom. The van der Waals surface area contributed by atoms with E-state index in [1.54, 1.807) is 0 Å². The summed E-state index contributed by atoms with van der Waals surface area (Å²) in [6, 6.07) is 10.7. The molecule has 0 aliphatic rings. The van der Waals surface area contributed by atoms with Crippen LogP contribution in [0.4, 0.5) is 0 Å². The van der Waals surface area contributed by atoms with Crippen molar-refractivity contribution in [2.45, 2.75) is 45.2 Å². The van der Waals surface area contributed by atoms with Crippen LogP contribution in [-0.4, -0.2) is 32.8 Å². The van der Waals surface area contributed by atoms with Gasteiger partial charge in [-0.05, 0) is 32.3 Å². The van der Waals surface area contributed by atoms with Crippen LogP contribution in [0, 0.1) is 0 Å². The smallest absolute Gasteiger partial charge is 0.209 e. The van der Waals surface area contributed by atoms with Crippen LogP contribution >= 0.6 is 0 Å². The molecule has 2 N–H and O–H groups in total. The second-order valence-electron chi connectivity index (χ2n) is 5.93. The van der Waals surface area contributed by atoms with Gasteiger partial charge in [0.25, 0.3) is 0 Å². The summed E-state index contributed by atoms with van der Waals surface area (Å²) in [6.45, 7) is 6.51. The molecule has 1 aromatic carbocycles. The van der Waals surface area contributed by atoms with E-state index in [9.17, 15) is 8.42 Å². The summed E-state index contributed by atoms with van der Waals surface area (Å²) in [5.41, 5.74) is 0.804. The first kappa shape index (κ1) is 17.1. The molecule has 20 heavy (non-hydrogen) atoms. The molecule has 0 saturated heterocycles. The van der Waals surface area contributed by atoms with Gasteiger partial charge in [0, 0.05) is 18.1 Å². The zero-order chi connectivity index (χ0) is 15.2. The maximum atomic E-state index is 11.3. The van der Waals surface area contributed by atoms with Gasteiger partial charge in [-0.2, -0.15) is 0 Å². The molecule has 0 fully saturated rings. The van der Waals surface area contributed by atoms with Gasteiger partial charge in [0.15, 0.2) is 0 Å². The molecule has 0 spiro atoms. The quantitative estimate of drug-likeness (QED) is 0.771. The lowest BCUT2D eigenvalue weighted by molar-refractivity contribution is 0.380. The first-order valence-corrected chi connectivity index (χ1v) is 8.87. The Kier molecular flexibility index (Phi) is 6.17. The molecule has 1 atom stereocenters. The van der Waals surface area contributed by atoms with Crippen LogP contribution in [0.2, 0.25) is 0 Å². The van der Waals surface area contributed by atoms with Crippen molar-refractivity contribution < 1.29 is 8.42 Å². The molecule has 0 heterocycles. The summed E-state index contributed by atoms with van der Waals surface area (Å²) in [7, 11) is -3.19. The average molecular weight is 298 g/mol. The standard InChI is InChI=1S/C15H26N2O2S/c1-5-14(11-13-9-7-6-8-10-13)16-12-15(2,3)17-20(4,18)19/h6-10,14,16-17H,5,11-12H2,1-4H3. The predicted octanol–water partition coefficient (Wildman–Crippen LogP) is 1.93. The lowest BCUT2D eigenvalue weighted by Crippen LogP contribution is -2.52. The molecule has 0 radical (unpaired) electrons. The van der Waals surface area contributed by atoms with Gasteiger partial charge in [-0.25, -0.2) is 13.1 Å². The molecule has 0 aliphatic carbocycles. The number of sulfonamides is 1. The summed E-state index contributed by atoms with van der Waals surface area (Å²) in [5.74, 6) is 0. The van der Waals surface area contributed by atoms with E-state index < -0.39 is 15.6 Å². The van der Waals surface area contributed by atoms with Crippen molar-refractivity contribution in [2.24, 2.45) is 0 Å². The van der Waals surface area contributed by atoms with Gasteiger partial charge >= 0.3 is 0 Å². The first-order chi connectivity index (χ1) is 9.22. The third-order valence-corrected chi connectivity index (χ3v) is 4.04. The van der Waals surface area contributed by atoms with Crippen LogP contribution in [0.25, 0.3) is 0 Å². The van der Waals surface area contributed by atoms with Gasteiger partial charge in [0.2, 0.25) is 10.0 Å². The molecular formula is C15H26N2O2S. The van der Waals surface area contributed by atoms with E-state index in [4.69, 9.17) is 0 Å². The molecule has 1 aromatic rings. The Labute approximate surface area is 123 Å². The Bertz CT molecular complexity index is 498. The van der Waals surface area contributed by atoms with Crippen molar-refractivity contribution in [3.05, 3.63) is 35.9 Å². The van der Waals surface area contributed by atoms with Gasteiger partial charge in [0.05, 0.1) is 6.26 Å². The minimum Gasteiger partial charge on any atom is -0.312 e. The highest BCUT2D eigenvalue weighted by atomic mass is 32.2. The second kappa shape index (κ2) is 7.20. The number of benzene rings is 1. The monoisotopic (exact) mass is 298 g/mol. The van der Waals surface area contributed by atoms with E-state index in [1.807, 2.05) is 32.0 Å². The van der Waals surface area contributed by atoms with Gasteiger partial charge in [-0.1, -0.05) is 37.3 Å². The van der Waals surface area contributed by atoms with Crippen LogP contribution in [0.3, 0.4) is 0 Å². The third kappa shape index (κ3) is 7.03. The highest BCUT2D eigenvalue weighted by molar-refractivity contribution is 7.88. The molecule has 4 nitrogen and oxygen atoms in total. The second-order valence-corrected chi connectivity index (χ2v) is 7.68. The van der Waals surface area contributed by atoms with Gasteiger partial charge in [-0.15, -0.1) is 0 Å². The zero-order valence-corrected chi connectivity index (χ0v) is 13.6. The number of hydrogen-bond donors (Lipinski definition) is 2. The topological polar surface area (TPSA) is 58.2 Å². The van der Waals surface area contributed by atoms with Crippen molar-refractivity contribution in [3.8, 4) is 0 Å². The number of nitrogens with one attached hydrogen (secondary N) is 2. The summed E-state index contributed by atoms with van der Waals surface area (Å²) in [6.07, 6.45) is 3.15. The van der Waals surface area contributed by atoms with Crippen LogP contribution in [0.5, 0.6) is 0 Å². The lowest BCUT2D eigenvalue weighted by Gasteiger charge is -2.28. The predicted molar refractivity (Wildman–Crippen MR) is 84.3 cm³/mol. The first-order valence-electron chi connectivity index (χ1n) is 6.98. The van der Waals surface area contributed by atoms with Gasteiger partial charge in [-0.3, -0.25) is 0 Å². The van der Waals surface area contributed by atoms with Crippen molar-refractivity contribution in [2.75, 3.05) is 12.8 Å². The SMILES string of the molecule is CCC(Cc1ccccc1)NCC(C)(C)NS(C)(=O)=O. The fourth-order valence-corrected chi connectivity index (χ4v) is 3.27. The summed E-state index contributed by atoms with van der Waals surface area (Å²) < 4.78 is 25.3. The molecule has 0 bridgehead atoms. The van der Waals surface area contributed by atoms with E-state index in [0.717, 1.165) is 12.8 Å². The number of hydrogen-bond acceptors (Lipinski definition) is 3. The van der Waals surface area contributed by atoms with E-state index in [0.29, 0.717) is 12.6 Å². The zero-order valence-electron chi connectivity index (χ0n) is 12.8. The molecule has 0 aliphatic heterocycles. The van der Waals surface area contributed by atoms with Crippen LogP contribution in [0.1, 0.15) is 32.8 Å². The van der Waals surface area contributed by atoms with E-state index in [1.165, 1.54) is 11.8 Å². The summed E-state index contributed by atoms with van der Waals surface area (Å²) in [4.78, 5) is 0.